The number of anilines is 1. The van der Waals surface area contributed by atoms with Gasteiger partial charge in [-0.2, -0.15) is 0 Å². The largest absolute Gasteiger partial charge is 0.480 e. The van der Waals surface area contributed by atoms with Crippen molar-refractivity contribution in [3.8, 4) is 0 Å². The lowest BCUT2D eigenvalue weighted by Crippen LogP contribution is -2.42. The van der Waals surface area contributed by atoms with Gasteiger partial charge in [-0.3, -0.25) is 0 Å². The molecule has 1 aromatic carbocycles. The average Bonchev–Trinajstić information content (AvgIpc) is 2.30. The van der Waals surface area contributed by atoms with E-state index >= 15 is 0 Å². The number of urea groups is 1. The molecule has 0 aliphatic heterocycles. The third-order valence-corrected chi connectivity index (χ3v) is 3.55. The first-order valence-electron chi connectivity index (χ1n) is 5.19. The zero-order valence-corrected chi connectivity index (χ0v) is 13.3. The normalized spacial score (nSPS) is 11.7. The molecule has 0 heterocycles. The van der Waals surface area contributed by atoms with Crippen LogP contribution in [0.2, 0.25) is 0 Å². The van der Waals surface area contributed by atoms with Gasteiger partial charge in [0.25, 0.3) is 0 Å². The lowest BCUT2D eigenvalue weighted by molar-refractivity contribution is -0.139. The highest BCUT2D eigenvalue weighted by atomic mass is 127. The summed E-state index contributed by atoms with van der Waals surface area (Å²) in [5, 5.41) is 13.8. The first-order valence-corrected chi connectivity index (χ1v) is 7.06. The predicted octanol–water partition coefficient (Wildman–Crippen LogP) is 3.04. The van der Waals surface area contributed by atoms with E-state index in [-0.39, 0.29) is 0 Å². The number of nitrogens with one attached hydrogen (secondary N) is 2. The summed E-state index contributed by atoms with van der Waals surface area (Å²) in [5.41, 5.74) is 0.597. The number of hydrogen-bond donors (Lipinski definition) is 3. The molecule has 0 saturated heterocycles. The van der Waals surface area contributed by atoms with Crippen molar-refractivity contribution in [1.82, 2.24) is 5.32 Å². The lowest BCUT2D eigenvalue weighted by atomic mass is 10.2. The summed E-state index contributed by atoms with van der Waals surface area (Å²) >= 11 is 5.43. The summed E-state index contributed by atoms with van der Waals surface area (Å²) in [6.45, 7) is 1.69. The number of carboxylic acid groups (broad SMARTS) is 1. The van der Waals surface area contributed by atoms with Crippen molar-refractivity contribution in [1.29, 1.82) is 0 Å². The minimum atomic E-state index is -1.05. The van der Waals surface area contributed by atoms with Crippen molar-refractivity contribution in [2.75, 3.05) is 5.32 Å². The number of halogens is 2. The van der Waals surface area contributed by atoms with Crippen molar-refractivity contribution in [3.05, 3.63) is 26.2 Å². The SMILES string of the molecule is CC[C@@H](NC(=O)Nc1cc(I)ccc1Br)C(=O)O. The molecule has 0 aliphatic carbocycles. The molecule has 0 aromatic heterocycles. The zero-order chi connectivity index (χ0) is 13.7. The molecule has 2 amide bonds. The maximum atomic E-state index is 11.6. The van der Waals surface area contributed by atoms with Crippen LogP contribution in [0, 0.1) is 3.57 Å². The minimum absolute atomic E-state index is 0.330. The van der Waals surface area contributed by atoms with Crippen molar-refractivity contribution in [2.24, 2.45) is 0 Å². The molecule has 18 heavy (non-hydrogen) atoms. The van der Waals surface area contributed by atoms with E-state index in [4.69, 9.17) is 5.11 Å². The lowest BCUT2D eigenvalue weighted by Gasteiger charge is -2.14. The van der Waals surface area contributed by atoms with E-state index in [1.54, 1.807) is 13.0 Å². The van der Waals surface area contributed by atoms with E-state index in [0.29, 0.717) is 12.1 Å². The number of carbonyl (C=O) groups excluding carboxylic acids is 1. The highest BCUT2D eigenvalue weighted by Crippen LogP contribution is 2.24. The number of aliphatic carboxylic acids is 1. The molecule has 0 aliphatic rings. The summed E-state index contributed by atoms with van der Waals surface area (Å²) < 4.78 is 1.71. The number of rotatable bonds is 4. The second kappa shape index (κ2) is 6.93. The van der Waals surface area contributed by atoms with Crippen LogP contribution in [-0.4, -0.2) is 23.1 Å². The van der Waals surface area contributed by atoms with Gasteiger partial charge in [0.15, 0.2) is 0 Å². The molecule has 0 bridgehead atoms. The van der Waals surface area contributed by atoms with E-state index in [9.17, 15) is 9.59 Å². The van der Waals surface area contributed by atoms with Crippen LogP contribution in [0.15, 0.2) is 22.7 Å². The van der Waals surface area contributed by atoms with E-state index in [1.807, 2.05) is 12.1 Å². The van der Waals surface area contributed by atoms with Gasteiger partial charge < -0.3 is 15.7 Å². The Kier molecular flexibility index (Phi) is 5.86. The highest BCUT2D eigenvalue weighted by Gasteiger charge is 2.17. The monoisotopic (exact) mass is 426 g/mol. The van der Waals surface area contributed by atoms with Crippen LogP contribution in [-0.2, 0) is 4.79 Å². The van der Waals surface area contributed by atoms with Crippen molar-refractivity contribution in [3.63, 3.8) is 0 Å². The summed E-state index contributed by atoms with van der Waals surface area (Å²) in [4.78, 5) is 22.4. The fourth-order valence-corrected chi connectivity index (χ4v) is 2.09. The first-order chi connectivity index (χ1) is 8.43. The smallest absolute Gasteiger partial charge is 0.326 e. The summed E-state index contributed by atoms with van der Waals surface area (Å²) in [6.07, 6.45) is 0.330. The molecule has 98 valence electrons. The van der Waals surface area contributed by atoms with Gasteiger partial charge >= 0.3 is 12.0 Å². The van der Waals surface area contributed by atoms with Gasteiger partial charge in [0, 0.05) is 8.04 Å². The summed E-state index contributed by atoms with van der Waals surface area (Å²) in [6, 6.07) is 4.07. The van der Waals surface area contributed by atoms with Crippen molar-refractivity contribution < 1.29 is 14.7 Å². The van der Waals surface area contributed by atoms with Gasteiger partial charge in [-0.05, 0) is 63.1 Å². The van der Waals surface area contributed by atoms with Gasteiger partial charge in [-0.15, -0.1) is 0 Å². The molecule has 0 radical (unpaired) electrons. The van der Waals surface area contributed by atoms with Gasteiger partial charge in [0.05, 0.1) is 5.69 Å². The Hall–Kier alpha value is -0.830. The fourth-order valence-electron chi connectivity index (χ4n) is 1.25. The Morgan fingerprint density at radius 3 is 2.72 bits per heavy atom. The molecule has 5 nitrogen and oxygen atoms in total. The van der Waals surface area contributed by atoms with Crippen molar-refractivity contribution in [2.45, 2.75) is 19.4 Å². The number of carboxylic acids is 1. The van der Waals surface area contributed by atoms with E-state index in [1.165, 1.54) is 0 Å². The molecule has 3 N–H and O–H groups in total. The molecule has 0 saturated carbocycles. The van der Waals surface area contributed by atoms with E-state index in [0.717, 1.165) is 8.04 Å². The first kappa shape index (κ1) is 15.2. The molecule has 1 rings (SSSR count). The molecule has 7 heteroatoms. The summed E-state index contributed by atoms with van der Waals surface area (Å²) in [5.74, 6) is -1.05. The zero-order valence-electron chi connectivity index (χ0n) is 9.54. The second-order valence-corrected chi connectivity index (χ2v) is 5.62. The highest BCUT2D eigenvalue weighted by molar-refractivity contribution is 14.1. The fraction of sp³-hybridized carbons (Fsp3) is 0.273. The molecule has 1 atom stereocenters. The van der Waals surface area contributed by atoms with Gasteiger partial charge in [0.2, 0.25) is 0 Å². The number of hydrogen-bond acceptors (Lipinski definition) is 2. The third kappa shape index (κ3) is 4.45. The Labute approximate surface area is 127 Å². The second-order valence-electron chi connectivity index (χ2n) is 3.52. The Bertz CT molecular complexity index is 468. The molecule has 0 unspecified atom stereocenters. The van der Waals surface area contributed by atoms with Gasteiger partial charge in [0.1, 0.15) is 6.04 Å². The van der Waals surface area contributed by atoms with Crippen LogP contribution in [0.1, 0.15) is 13.3 Å². The van der Waals surface area contributed by atoms with Crippen LogP contribution >= 0.6 is 38.5 Å². The van der Waals surface area contributed by atoms with E-state index < -0.39 is 18.0 Å². The Balaban J connectivity index is 2.70. The average molecular weight is 427 g/mol. The number of benzene rings is 1. The Morgan fingerprint density at radius 1 is 1.50 bits per heavy atom. The predicted molar refractivity (Wildman–Crippen MR) is 80.7 cm³/mol. The quantitative estimate of drug-likeness (QED) is 0.647. The molecule has 1 aromatic rings. The summed E-state index contributed by atoms with van der Waals surface area (Å²) in [7, 11) is 0. The van der Waals surface area contributed by atoms with Crippen LogP contribution in [0.4, 0.5) is 10.5 Å². The minimum Gasteiger partial charge on any atom is -0.480 e. The topological polar surface area (TPSA) is 78.4 Å². The molecular formula is C11H12BrIN2O3. The molecular weight excluding hydrogens is 415 g/mol. The Morgan fingerprint density at radius 2 is 2.17 bits per heavy atom. The van der Waals surface area contributed by atoms with Crippen molar-refractivity contribution >= 4 is 56.2 Å². The maximum Gasteiger partial charge on any atom is 0.326 e. The maximum absolute atomic E-state index is 11.6. The van der Waals surface area contributed by atoms with Crippen LogP contribution < -0.4 is 10.6 Å². The van der Waals surface area contributed by atoms with Gasteiger partial charge in [-0.1, -0.05) is 6.92 Å². The van der Waals surface area contributed by atoms with Crippen LogP contribution in [0.25, 0.3) is 0 Å². The molecule has 0 fully saturated rings. The standard InChI is InChI=1S/C11H12BrIN2O3/c1-2-8(10(16)17)14-11(18)15-9-5-6(13)3-4-7(9)12/h3-5,8H,2H2,1H3,(H,16,17)(H2,14,15,18)/t8-/m1/s1. The molecule has 0 spiro atoms. The van der Waals surface area contributed by atoms with Crippen LogP contribution in [0.5, 0.6) is 0 Å². The third-order valence-electron chi connectivity index (χ3n) is 2.19. The number of amides is 2. The number of carbonyl (C=O) groups is 2. The van der Waals surface area contributed by atoms with Gasteiger partial charge in [-0.25, -0.2) is 9.59 Å². The van der Waals surface area contributed by atoms with Crippen LogP contribution in [0.3, 0.4) is 0 Å². The van der Waals surface area contributed by atoms with E-state index in [2.05, 4.69) is 49.2 Å².